The minimum absolute atomic E-state index is 0.111. The zero-order valence-corrected chi connectivity index (χ0v) is 10.3. The van der Waals surface area contributed by atoms with Crippen molar-refractivity contribution in [1.29, 1.82) is 0 Å². The summed E-state index contributed by atoms with van der Waals surface area (Å²) in [5, 5.41) is 2.77. The van der Waals surface area contributed by atoms with Crippen LogP contribution in [-0.4, -0.2) is 43.1 Å². The Kier molecular flexibility index (Phi) is 5.77. The van der Waals surface area contributed by atoms with Crippen LogP contribution < -0.4 is 5.32 Å². The number of amides is 1. The lowest BCUT2D eigenvalue weighted by Gasteiger charge is -2.41. The minimum atomic E-state index is 0.111. The Morgan fingerprint density at radius 3 is 1.79 bits per heavy atom. The van der Waals surface area contributed by atoms with Crippen LogP contribution in [0.25, 0.3) is 0 Å². The number of hydrogen-bond donors (Lipinski definition) is 1. The van der Waals surface area contributed by atoms with Crippen molar-refractivity contribution in [3.8, 4) is 0 Å². The van der Waals surface area contributed by atoms with E-state index in [0.717, 1.165) is 30.5 Å². The van der Waals surface area contributed by atoms with Crippen LogP contribution in [0.15, 0.2) is 0 Å². The number of rotatable bonds is 6. The minimum Gasteiger partial charge on any atom is -0.354 e. The molecule has 0 fully saturated rings. The molecule has 0 spiro atoms. The predicted octanol–water partition coefficient (Wildman–Crippen LogP) is 1.39. The molecule has 0 saturated carbocycles. The molecule has 1 amide bonds. The van der Waals surface area contributed by atoms with E-state index >= 15 is 0 Å². The second-order valence-electron chi connectivity index (χ2n) is 3.71. The highest BCUT2D eigenvalue weighted by atomic mass is 16.2. The molecule has 84 valence electrons. The van der Waals surface area contributed by atoms with Crippen LogP contribution >= 0.6 is 0 Å². The molecular formula is C11H25N2O+. The number of likely N-dealkylation sites (N-methyl/N-ethyl adjacent to an activating group) is 2. The lowest BCUT2D eigenvalue weighted by molar-refractivity contribution is -0.938. The lowest BCUT2D eigenvalue weighted by atomic mass is 10.1. The van der Waals surface area contributed by atoms with Gasteiger partial charge in [-0.05, 0) is 20.8 Å². The quantitative estimate of drug-likeness (QED) is 0.646. The Labute approximate surface area is 88.1 Å². The molecule has 0 aliphatic carbocycles. The number of quaternary nitrogens is 1. The van der Waals surface area contributed by atoms with Crippen LogP contribution in [0.3, 0.4) is 0 Å². The van der Waals surface area contributed by atoms with Gasteiger partial charge in [-0.15, -0.1) is 0 Å². The van der Waals surface area contributed by atoms with Gasteiger partial charge in [0, 0.05) is 13.5 Å². The molecule has 3 nitrogen and oxygen atoms in total. The highest BCUT2D eigenvalue weighted by molar-refractivity contribution is 5.80. The van der Waals surface area contributed by atoms with E-state index in [1.54, 1.807) is 7.05 Å². The summed E-state index contributed by atoms with van der Waals surface area (Å²) in [5.41, 5.74) is 0. The van der Waals surface area contributed by atoms with E-state index in [0.29, 0.717) is 0 Å². The third kappa shape index (κ3) is 2.47. The van der Waals surface area contributed by atoms with Gasteiger partial charge in [-0.2, -0.15) is 0 Å². The predicted molar refractivity (Wildman–Crippen MR) is 60.0 cm³/mol. The van der Waals surface area contributed by atoms with Gasteiger partial charge in [-0.3, -0.25) is 4.79 Å². The van der Waals surface area contributed by atoms with Crippen LogP contribution in [0.1, 0.15) is 34.1 Å². The first kappa shape index (κ1) is 13.4. The molecule has 0 aromatic heterocycles. The zero-order valence-electron chi connectivity index (χ0n) is 10.3. The number of nitrogens with one attached hydrogen (secondary N) is 1. The Bertz CT molecular complexity index is 168. The second-order valence-corrected chi connectivity index (χ2v) is 3.71. The van der Waals surface area contributed by atoms with E-state index in [9.17, 15) is 4.79 Å². The maximum Gasteiger partial charge on any atom is 0.278 e. The summed E-state index contributed by atoms with van der Waals surface area (Å²) in [7, 11) is 1.72. The van der Waals surface area contributed by atoms with Crippen LogP contribution in [0, 0.1) is 0 Å². The first-order chi connectivity index (χ1) is 6.61. The standard InChI is InChI=1S/C11H24N2O/c1-6-10(11(14)12-5)13(7-2,8-3)9-4/h10H,6-9H2,1-5H3/p+1. The molecule has 3 heteroatoms. The Balaban J connectivity index is 4.83. The van der Waals surface area contributed by atoms with Crippen molar-refractivity contribution >= 4 is 5.91 Å². The van der Waals surface area contributed by atoms with E-state index in [-0.39, 0.29) is 11.9 Å². The molecule has 0 rings (SSSR count). The molecule has 0 heterocycles. The third-order valence-corrected chi connectivity index (χ3v) is 3.49. The lowest BCUT2D eigenvalue weighted by Crippen LogP contribution is -2.60. The molecule has 0 aliphatic rings. The summed E-state index contributed by atoms with van der Waals surface area (Å²) in [6, 6.07) is 0.111. The van der Waals surface area contributed by atoms with E-state index in [2.05, 4.69) is 33.0 Å². The Morgan fingerprint density at radius 2 is 1.57 bits per heavy atom. The molecule has 1 unspecified atom stereocenters. The van der Waals surface area contributed by atoms with E-state index < -0.39 is 0 Å². The van der Waals surface area contributed by atoms with Crippen LogP contribution in [-0.2, 0) is 4.79 Å². The molecule has 0 bridgehead atoms. The van der Waals surface area contributed by atoms with Crippen molar-refractivity contribution in [2.75, 3.05) is 26.7 Å². The molecule has 1 N–H and O–H groups in total. The van der Waals surface area contributed by atoms with Crippen LogP contribution in [0.4, 0.5) is 0 Å². The fourth-order valence-electron chi connectivity index (χ4n) is 2.32. The molecule has 0 aliphatic heterocycles. The van der Waals surface area contributed by atoms with Gasteiger partial charge in [0.2, 0.25) is 0 Å². The summed E-state index contributed by atoms with van der Waals surface area (Å²) in [4.78, 5) is 11.7. The summed E-state index contributed by atoms with van der Waals surface area (Å²) in [5.74, 6) is 0.179. The van der Waals surface area contributed by atoms with Gasteiger partial charge >= 0.3 is 0 Å². The van der Waals surface area contributed by atoms with Crippen LogP contribution in [0.2, 0.25) is 0 Å². The highest BCUT2D eigenvalue weighted by Crippen LogP contribution is 2.16. The van der Waals surface area contributed by atoms with Gasteiger partial charge in [0.1, 0.15) is 0 Å². The Morgan fingerprint density at radius 1 is 1.14 bits per heavy atom. The SMILES string of the molecule is CCC(C(=O)NC)[N+](CC)(CC)CC. The average Bonchev–Trinajstić information content (AvgIpc) is 2.25. The molecule has 14 heavy (non-hydrogen) atoms. The molecule has 1 atom stereocenters. The molecular weight excluding hydrogens is 176 g/mol. The number of carbonyl (C=O) groups is 1. The molecule has 0 aromatic carbocycles. The van der Waals surface area contributed by atoms with Crippen molar-refractivity contribution in [2.45, 2.75) is 40.2 Å². The molecule has 0 radical (unpaired) electrons. The fourth-order valence-corrected chi connectivity index (χ4v) is 2.32. The van der Waals surface area contributed by atoms with Crippen molar-refractivity contribution in [3.05, 3.63) is 0 Å². The first-order valence-corrected chi connectivity index (χ1v) is 5.69. The van der Waals surface area contributed by atoms with Gasteiger partial charge < -0.3 is 9.80 Å². The third-order valence-electron chi connectivity index (χ3n) is 3.49. The van der Waals surface area contributed by atoms with Gasteiger partial charge in [-0.25, -0.2) is 0 Å². The average molecular weight is 201 g/mol. The Hall–Kier alpha value is -0.570. The summed E-state index contributed by atoms with van der Waals surface area (Å²) in [6.45, 7) is 11.7. The zero-order chi connectivity index (χ0) is 11.2. The van der Waals surface area contributed by atoms with Crippen molar-refractivity contribution in [3.63, 3.8) is 0 Å². The van der Waals surface area contributed by atoms with E-state index in [1.165, 1.54) is 0 Å². The number of nitrogens with zero attached hydrogens (tertiary/aromatic N) is 1. The summed E-state index contributed by atoms with van der Waals surface area (Å²) >= 11 is 0. The second kappa shape index (κ2) is 6.02. The summed E-state index contributed by atoms with van der Waals surface area (Å²) < 4.78 is 0.899. The fraction of sp³-hybridized carbons (Fsp3) is 0.909. The molecule has 0 aromatic rings. The normalized spacial score (nSPS) is 13.8. The van der Waals surface area contributed by atoms with Crippen molar-refractivity contribution in [2.24, 2.45) is 0 Å². The van der Waals surface area contributed by atoms with Crippen molar-refractivity contribution < 1.29 is 9.28 Å². The molecule has 0 saturated heterocycles. The van der Waals surface area contributed by atoms with Gasteiger partial charge in [0.05, 0.1) is 19.6 Å². The maximum absolute atomic E-state index is 11.7. The monoisotopic (exact) mass is 201 g/mol. The van der Waals surface area contributed by atoms with Crippen LogP contribution in [0.5, 0.6) is 0 Å². The van der Waals surface area contributed by atoms with Gasteiger partial charge in [-0.1, -0.05) is 6.92 Å². The van der Waals surface area contributed by atoms with Gasteiger partial charge in [0.25, 0.3) is 5.91 Å². The summed E-state index contributed by atoms with van der Waals surface area (Å²) in [6.07, 6.45) is 0.912. The van der Waals surface area contributed by atoms with E-state index in [4.69, 9.17) is 0 Å². The largest absolute Gasteiger partial charge is 0.354 e. The smallest absolute Gasteiger partial charge is 0.278 e. The first-order valence-electron chi connectivity index (χ1n) is 5.69. The maximum atomic E-state index is 11.7. The number of hydrogen-bond acceptors (Lipinski definition) is 1. The van der Waals surface area contributed by atoms with Gasteiger partial charge in [0.15, 0.2) is 6.04 Å². The number of carbonyl (C=O) groups excluding carboxylic acids is 1. The van der Waals surface area contributed by atoms with Crippen molar-refractivity contribution in [1.82, 2.24) is 5.32 Å². The topological polar surface area (TPSA) is 29.1 Å². The van der Waals surface area contributed by atoms with E-state index in [1.807, 2.05) is 0 Å². The highest BCUT2D eigenvalue weighted by Gasteiger charge is 2.35.